The highest BCUT2D eigenvalue weighted by atomic mass is 32.2. The fourth-order valence-corrected chi connectivity index (χ4v) is 6.28. The summed E-state index contributed by atoms with van der Waals surface area (Å²) in [5, 5.41) is 10.2. The van der Waals surface area contributed by atoms with Gasteiger partial charge in [-0.2, -0.15) is 13.7 Å². The summed E-state index contributed by atoms with van der Waals surface area (Å²) in [6.07, 6.45) is 14.4. The van der Waals surface area contributed by atoms with Crippen LogP contribution in [-0.4, -0.2) is 56.6 Å². The molecule has 1 saturated heterocycles. The lowest BCUT2D eigenvalue weighted by atomic mass is 10.1. The van der Waals surface area contributed by atoms with Crippen molar-refractivity contribution in [2.24, 2.45) is 0 Å². The Kier molecular flexibility index (Phi) is 14.3. The largest absolute Gasteiger partial charge is 0.365 e. The molecule has 0 amide bonds. The number of nitriles is 1. The molecule has 0 saturated carbocycles. The van der Waals surface area contributed by atoms with Crippen LogP contribution in [0, 0.1) is 11.3 Å². The molecular formula is C22H38N2O5S3. The van der Waals surface area contributed by atoms with Crippen LogP contribution in [0.1, 0.15) is 77.6 Å². The van der Waals surface area contributed by atoms with Gasteiger partial charge in [0.2, 0.25) is 0 Å². The number of hydrogen-bond donors (Lipinski definition) is 1. The van der Waals surface area contributed by atoms with Crippen molar-refractivity contribution < 1.29 is 21.4 Å². The SMILES string of the molecule is CCCCCCCCCCCCS(=O)(=O)/C(C#N)=C/C=C1/SCCN1CCCS(=O)(=O)O. The van der Waals surface area contributed by atoms with Gasteiger partial charge in [-0.15, -0.1) is 11.8 Å². The molecule has 0 aromatic carbocycles. The minimum absolute atomic E-state index is 0.0166. The van der Waals surface area contributed by atoms with Crippen molar-refractivity contribution in [3.8, 4) is 6.07 Å². The van der Waals surface area contributed by atoms with Crippen LogP contribution in [0.3, 0.4) is 0 Å². The van der Waals surface area contributed by atoms with Gasteiger partial charge in [-0.1, -0.05) is 64.7 Å². The van der Waals surface area contributed by atoms with Gasteiger partial charge in [-0.3, -0.25) is 4.55 Å². The molecule has 7 nitrogen and oxygen atoms in total. The average molecular weight is 507 g/mol. The summed E-state index contributed by atoms with van der Waals surface area (Å²) in [5.41, 5.74) is 0. The van der Waals surface area contributed by atoms with Gasteiger partial charge in [0.15, 0.2) is 9.84 Å². The van der Waals surface area contributed by atoms with Crippen LogP contribution < -0.4 is 0 Å². The molecule has 1 rings (SSSR count). The second kappa shape index (κ2) is 15.8. The van der Waals surface area contributed by atoms with E-state index in [0.29, 0.717) is 19.5 Å². The molecule has 1 fully saturated rings. The van der Waals surface area contributed by atoms with E-state index in [4.69, 9.17) is 4.55 Å². The third kappa shape index (κ3) is 12.9. The van der Waals surface area contributed by atoms with Crippen LogP contribution >= 0.6 is 11.8 Å². The van der Waals surface area contributed by atoms with E-state index in [1.54, 1.807) is 6.08 Å². The Labute approximate surface area is 199 Å². The van der Waals surface area contributed by atoms with Crippen LogP contribution in [-0.2, 0) is 20.0 Å². The first-order valence-electron chi connectivity index (χ1n) is 11.6. The minimum atomic E-state index is -3.99. The minimum Gasteiger partial charge on any atom is -0.365 e. The average Bonchev–Trinajstić information content (AvgIpc) is 3.16. The summed E-state index contributed by atoms with van der Waals surface area (Å²) in [6, 6.07) is 1.82. The second-order valence-corrected chi connectivity index (χ2v) is 12.9. The topological polar surface area (TPSA) is 116 Å². The zero-order chi connectivity index (χ0) is 23.9. The van der Waals surface area contributed by atoms with E-state index in [9.17, 15) is 22.1 Å². The Bertz CT molecular complexity index is 858. The van der Waals surface area contributed by atoms with Gasteiger partial charge in [-0.05, 0) is 25.0 Å². The first kappa shape index (κ1) is 29.0. The summed E-state index contributed by atoms with van der Waals surface area (Å²) in [7, 11) is -7.60. The Morgan fingerprint density at radius 3 is 2.16 bits per heavy atom. The van der Waals surface area contributed by atoms with E-state index < -0.39 is 20.0 Å². The Morgan fingerprint density at radius 2 is 1.59 bits per heavy atom. The molecule has 0 radical (unpaired) electrons. The molecule has 0 spiro atoms. The fraction of sp³-hybridized carbons (Fsp3) is 0.773. The number of sulfone groups is 1. The molecule has 0 aromatic rings. The van der Waals surface area contributed by atoms with Crippen molar-refractivity contribution in [2.75, 3.05) is 30.3 Å². The van der Waals surface area contributed by atoms with E-state index in [2.05, 4.69) is 6.92 Å². The standard InChI is InChI=1S/C22H38N2O5S3/c1-2-3-4-5-6-7-8-9-10-11-18-31(25,26)21(20-23)13-14-22-24(16-17-30-22)15-12-19-32(27,28)29/h13-14H,2-12,15-19H2,1H3,(H,27,28,29)/b21-13+,22-14+. The third-order valence-corrected chi connectivity index (χ3v) is 8.95. The first-order chi connectivity index (χ1) is 15.2. The maximum atomic E-state index is 12.5. The van der Waals surface area contributed by atoms with Gasteiger partial charge in [-0.25, -0.2) is 8.42 Å². The fourth-order valence-electron chi connectivity index (χ4n) is 3.52. The van der Waals surface area contributed by atoms with Crippen molar-refractivity contribution >= 4 is 31.7 Å². The van der Waals surface area contributed by atoms with Gasteiger partial charge < -0.3 is 4.90 Å². The number of allylic oxidation sites excluding steroid dienone is 3. The number of rotatable bonds is 17. The van der Waals surface area contributed by atoms with E-state index in [0.717, 1.165) is 30.0 Å². The normalized spacial score (nSPS) is 16.6. The molecule has 0 bridgehead atoms. The number of thioether (sulfide) groups is 1. The van der Waals surface area contributed by atoms with Crippen molar-refractivity contribution in [2.45, 2.75) is 77.6 Å². The lowest BCUT2D eigenvalue weighted by Crippen LogP contribution is -2.21. The number of hydrogen-bond acceptors (Lipinski definition) is 7. The monoisotopic (exact) mass is 506 g/mol. The highest BCUT2D eigenvalue weighted by Gasteiger charge is 2.20. The van der Waals surface area contributed by atoms with Crippen molar-refractivity contribution in [1.82, 2.24) is 4.90 Å². The van der Waals surface area contributed by atoms with Gasteiger partial charge in [0.25, 0.3) is 10.1 Å². The summed E-state index contributed by atoms with van der Waals surface area (Å²) in [6.45, 7) is 3.36. The maximum absolute atomic E-state index is 12.5. The predicted octanol–water partition coefficient (Wildman–Crippen LogP) is 4.90. The smallest absolute Gasteiger partial charge is 0.264 e. The molecule has 0 aromatic heterocycles. The highest BCUT2D eigenvalue weighted by molar-refractivity contribution is 8.03. The van der Waals surface area contributed by atoms with E-state index >= 15 is 0 Å². The van der Waals surface area contributed by atoms with Crippen molar-refractivity contribution in [3.63, 3.8) is 0 Å². The zero-order valence-corrected chi connectivity index (χ0v) is 21.6. The molecule has 1 heterocycles. The number of nitrogens with zero attached hydrogens (tertiary/aromatic N) is 2. The highest BCUT2D eigenvalue weighted by Crippen LogP contribution is 2.28. The van der Waals surface area contributed by atoms with E-state index in [1.807, 2.05) is 11.0 Å². The van der Waals surface area contributed by atoms with E-state index in [1.165, 1.54) is 56.4 Å². The zero-order valence-electron chi connectivity index (χ0n) is 19.2. The number of unbranched alkanes of at least 4 members (excludes halogenated alkanes) is 9. The second-order valence-electron chi connectivity index (χ2n) is 8.12. The molecular weight excluding hydrogens is 468 g/mol. The van der Waals surface area contributed by atoms with Gasteiger partial charge in [0, 0.05) is 18.8 Å². The lowest BCUT2D eigenvalue weighted by Gasteiger charge is -2.18. The molecule has 32 heavy (non-hydrogen) atoms. The van der Waals surface area contributed by atoms with Crippen molar-refractivity contribution in [3.05, 3.63) is 22.1 Å². The van der Waals surface area contributed by atoms with Gasteiger partial charge in [0.05, 0.1) is 16.5 Å². The summed E-state index contributed by atoms with van der Waals surface area (Å²) in [5.74, 6) is 0.476. The third-order valence-electron chi connectivity index (χ3n) is 5.34. The molecule has 1 aliphatic rings. The van der Waals surface area contributed by atoms with Crippen LogP contribution in [0.5, 0.6) is 0 Å². The van der Waals surface area contributed by atoms with Crippen LogP contribution in [0.2, 0.25) is 0 Å². The lowest BCUT2D eigenvalue weighted by molar-refractivity contribution is 0.398. The van der Waals surface area contributed by atoms with Gasteiger partial charge in [0.1, 0.15) is 11.0 Å². The molecule has 10 heteroatoms. The quantitative estimate of drug-likeness (QED) is 0.168. The Balaban J connectivity index is 2.45. The van der Waals surface area contributed by atoms with Crippen LogP contribution in [0.25, 0.3) is 0 Å². The molecule has 0 aliphatic carbocycles. The Morgan fingerprint density at radius 1 is 1.00 bits per heavy atom. The first-order valence-corrected chi connectivity index (χ1v) is 15.8. The predicted molar refractivity (Wildman–Crippen MR) is 132 cm³/mol. The maximum Gasteiger partial charge on any atom is 0.264 e. The van der Waals surface area contributed by atoms with Crippen LogP contribution in [0.15, 0.2) is 22.1 Å². The molecule has 184 valence electrons. The molecule has 1 N–H and O–H groups in total. The summed E-state index contributed by atoms with van der Waals surface area (Å²) in [4.78, 5) is 1.71. The molecule has 0 unspecified atom stereocenters. The Hall–Kier alpha value is -1.02. The molecule has 0 atom stereocenters. The summed E-state index contributed by atoms with van der Waals surface area (Å²) >= 11 is 1.53. The molecule has 1 aliphatic heterocycles. The van der Waals surface area contributed by atoms with Crippen molar-refractivity contribution in [1.29, 1.82) is 5.26 Å². The van der Waals surface area contributed by atoms with Crippen LogP contribution in [0.4, 0.5) is 0 Å². The van der Waals surface area contributed by atoms with Gasteiger partial charge >= 0.3 is 0 Å². The van der Waals surface area contributed by atoms with E-state index in [-0.39, 0.29) is 22.8 Å². The summed E-state index contributed by atoms with van der Waals surface area (Å²) < 4.78 is 55.6.